The minimum atomic E-state index is 0.599. The van der Waals surface area contributed by atoms with Crippen LogP contribution in [-0.4, -0.2) is 14.8 Å². The van der Waals surface area contributed by atoms with Crippen LogP contribution in [0.15, 0.2) is 24.3 Å². The molecule has 1 N–H and O–H groups in total. The second-order valence-electron chi connectivity index (χ2n) is 4.53. The lowest BCUT2D eigenvalue weighted by molar-refractivity contribution is 0.733. The van der Waals surface area contributed by atoms with E-state index in [0.29, 0.717) is 10.7 Å². The number of nitrogens with zero attached hydrogens (tertiary/aromatic N) is 2. The van der Waals surface area contributed by atoms with Gasteiger partial charge in [0, 0.05) is 12.1 Å². The Balaban J connectivity index is 2.40. The van der Waals surface area contributed by atoms with Gasteiger partial charge in [-0.15, -0.1) is 0 Å². The molecule has 18 heavy (non-hydrogen) atoms. The minimum absolute atomic E-state index is 0.599. The highest BCUT2D eigenvalue weighted by Crippen LogP contribution is 2.20. The third-order valence-corrected chi connectivity index (χ3v) is 3.66. The van der Waals surface area contributed by atoms with Crippen LogP contribution >= 0.6 is 12.2 Å². The lowest BCUT2D eigenvalue weighted by Crippen LogP contribution is -2.01. The maximum absolute atomic E-state index is 5.27. The Morgan fingerprint density at radius 1 is 1.28 bits per heavy atom. The monoisotopic (exact) mass is 261 g/mol. The number of aromatic amines is 1. The molecule has 1 heterocycles. The molecule has 1 aromatic carbocycles. The van der Waals surface area contributed by atoms with Crippen molar-refractivity contribution in [3.05, 3.63) is 40.4 Å². The first-order valence-corrected chi connectivity index (χ1v) is 6.84. The normalized spacial score (nSPS) is 12.6. The van der Waals surface area contributed by atoms with Gasteiger partial charge in [0.25, 0.3) is 0 Å². The van der Waals surface area contributed by atoms with Crippen molar-refractivity contribution in [2.24, 2.45) is 0 Å². The van der Waals surface area contributed by atoms with Crippen LogP contribution in [0.4, 0.5) is 0 Å². The molecule has 0 spiro atoms. The van der Waals surface area contributed by atoms with Gasteiger partial charge in [-0.1, -0.05) is 32.9 Å². The number of H-pyrrole nitrogens is 1. The van der Waals surface area contributed by atoms with E-state index in [2.05, 4.69) is 55.2 Å². The average molecular weight is 261 g/mol. The summed E-state index contributed by atoms with van der Waals surface area (Å²) in [6.07, 6.45) is 2.02. The third kappa shape index (κ3) is 2.38. The van der Waals surface area contributed by atoms with E-state index >= 15 is 0 Å². The topological polar surface area (TPSA) is 33.6 Å². The molecule has 1 aromatic heterocycles. The average Bonchev–Trinajstić information content (AvgIpc) is 2.79. The summed E-state index contributed by atoms with van der Waals surface area (Å²) < 4.78 is 2.65. The van der Waals surface area contributed by atoms with Crippen LogP contribution in [0.2, 0.25) is 0 Å². The van der Waals surface area contributed by atoms with E-state index in [0.717, 1.165) is 24.4 Å². The summed E-state index contributed by atoms with van der Waals surface area (Å²) in [6, 6.07) is 8.59. The van der Waals surface area contributed by atoms with Crippen molar-refractivity contribution in [3.63, 3.8) is 0 Å². The smallest absolute Gasteiger partial charge is 0.199 e. The second kappa shape index (κ2) is 5.48. The number of nitrogens with one attached hydrogen (secondary N) is 1. The maximum atomic E-state index is 5.27. The molecule has 0 amide bonds. The van der Waals surface area contributed by atoms with Crippen LogP contribution < -0.4 is 0 Å². The fourth-order valence-electron chi connectivity index (χ4n) is 2.02. The van der Waals surface area contributed by atoms with Crippen molar-refractivity contribution in [3.8, 4) is 5.69 Å². The first kappa shape index (κ1) is 13.0. The molecule has 0 aliphatic carbocycles. The summed E-state index contributed by atoms with van der Waals surface area (Å²) in [5.74, 6) is 1.57. The van der Waals surface area contributed by atoms with Crippen LogP contribution in [0.5, 0.6) is 0 Å². The van der Waals surface area contributed by atoms with Gasteiger partial charge in [0.05, 0.1) is 0 Å². The molecule has 2 aromatic rings. The fourth-order valence-corrected chi connectivity index (χ4v) is 2.28. The number of hydrogen-bond donors (Lipinski definition) is 1. The molecule has 0 saturated carbocycles. The Bertz CT molecular complexity index is 565. The fraction of sp³-hybridized carbons (Fsp3) is 0.429. The van der Waals surface area contributed by atoms with Gasteiger partial charge >= 0.3 is 0 Å². The highest BCUT2D eigenvalue weighted by atomic mass is 32.1. The molecule has 3 nitrogen and oxygen atoms in total. The molecular weight excluding hydrogens is 242 g/mol. The zero-order valence-electron chi connectivity index (χ0n) is 11.1. The molecule has 0 aliphatic heterocycles. The highest BCUT2D eigenvalue weighted by molar-refractivity contribution is 7.71. The van der Waals surface area contributed by atoms with Gasteiger partial charge in [-0.3, -0.25) is 9.67 Å². The van der Waals surface area contributed by atoms with Crippen LogP contribution in [-0.2, 0) is 6.42 Å². The first-order valence-electron chi connectivity index (χ1n) is 6.44. The van der Waals surface area contributed by atoms with Crippen molar-refractivity contribution in [2.75, 3.05) is 0 Å². The van der Waals surface area contributed by atoms with Gasteiger partial charge < -0.3 is 0 Å². The van der Waals surface area contributed by atoms with E-state index in [1.54, 1.807) is 0 Å². The summed E-state index contributed by atoms with van der Waals surface area (Å²) >= 11 is 5.27. The van der Waals surface area contributed by atoms with E-state index in [9.17, 15) is 0 Å². The largest absolute Gasteiger partial charge is 0.272 e. The van der Waals surface area contributed by atoms with Crippen LogP contribution in [0.3, 0.4) is 0 Å². The lowest BCUT2D eigenvalue weighted by atomic mass is 9.98. The van der Waals surface area contributed by atoms with Gasteiger partial charge in [0.2, 0.25) is 0 Å². The molecule has 0 fully saturated rings. The van der Waals surface area contributed by atoms with Gasteiger partial charge in [-0.25, -0.2) is 0 Å². The van der Waals surface area contributed by atoms with E-state index in [1.807, 2.05) is 4.57 Å². The van der Waals surface area contributed by atoms with Gasteiger partial charge in [0.15, 0.2) is 4.77 Å². The summed E-state index contributed by atoms with van der Waals surface area (Å²) in [4.78, 5) is 0. The van der Waals surface area contributed by atoms with Crippen molar-refractivity contribution in [1.29, 1.82) is 0 Å². The van der Waals surface area contributed by atoms with Crippen LogP contribution in [0.1, 0.15) is 44.5 Å². The zero-order valence-corrected chi connectivity index (χ0v) is 11.9. The second-order valence-corrected chi connectivity index (χ2v) is 4.92. The number of aromatic nitrogens is 3. The van der Waals surface area contributed by atoms with Gasteiger partial charge in [-0.05, 0) is 42.3 Å². The highest BCUT2D eigenvalue weighted by Gasteiger charge is 2.07. The van der Waals surface area contributed by atoms with Crippen molar-refractivity contribution >= 4 is 12.2 Å². The molecule has 1 atom stereocenters. The third-order valence-electron chi connectivity index (χ3n) is 3.39. The maximum Gasteiger partial charge on any atom is 0.199 e. The van der Waals surface area contributed by atoms with E-state index in [1.165, 1.54) is 5.56 Å². The molecule has 0 bridgehead atoms. The predicted octanol–water partition coefficient (Wildman–Crippen LogP) is 4.01. The molecular formula is C14H19N3S. The van der Waals surface area contributed by atoms with Gasteiger partial charge in [0.1, 0.15) is 5.82 Å². The standard InChI is InChI=1S/C14H19N3S/c1-4-10(3)11-6-8-12(9-7-11)17-13(5-2)15-16-14(17)18/h6-10H,4-5H2,1-3H3,(H,16,18). The summed E-state index contributed by atoms with van der Waals surface area (Å²) in [6.45, 7) is 6.53. The van der Waals surface area contributed by atoms with Gasteiger partial charge in [-0.2, -0.15) is 5.10 Å². The SMILES string of the molecule is CCc1n[nH]c(=S)n1-c1ccc(C(C)CC)cc1. The minimum Gasteiger partial charge on any atom is -0.272 e. The molecule has 4 heteroatoms. The number of hydrogen-bond acceptors (Lipinski definition) is 2. The predicted molar refractivity (Wildman–Crippen MR) is 76.8 cm³/mol. The molecule has 2 rings (SSSR count). The van der Waals surface area contributed by atoms with E-state index < -0.39 is 0 Å². The van der Waals surface area contributed by atoms with E-state index in [4.69, 9.17) is 12.2 Å². The molecule has 0 radical (unpaired) electrons. The first-order chi connectivity index (χ1) is 8.67. The Labute approximate surface area is 113 Å². The van der Waals surface area contributed by atoms with Crippen LogP contribution in [0, 0.1) is 4.77 Å². The molecule has 1 unspecified atom stereocenters. The molecule has 0 saturated heterocycles. The number of rotatable bonds is 4. The Morgan fingerprint density at radius 3 is 2.50 bits per heavy atom. The Morgan fingerprint density at radius 2 is 1.94 bits per heavy atom. The number of aryl methyl sites for hydroxylation is 1. The van der Waals surface area contributed by atoms with Crippen molar-refractivity contribution < 1.29 is 0 Å². The lowest BCUT2D eigenvalue weighted by Gasteiger charge is -2.11. The van der Waals surface area contributed by atoms with E-state index in [-0.39, 0.29) is 0 Å². The summed E-state index contributed by atoms with van der Waals surface area (Å²) in [5.41, 5.74) is 2.45. The zero-order chi connectivity index (χ0) is 13.1. The van der Waals surface area contributed by atoms with Crippen molar-refractivity contribution in [2.45, 2.75) is 39.5 Å². The van der Waals surface area contributed by atoms with Crippen molar-refractivity contribution in [1.82, 2.24) is 14.8 Å². The quantitative estimate of drug-likeness (QED) is 0.844. The molecule has 0 aliphatic rings. The summed E-state index contributed by atoms with van der Waals surface area (Å²) in [5, 5.41) is 7.08. The number of benzene rings is 1. The summed E-state index contributed by atoms with van der Waals surface area (Å²) in [7, 11) is 0. The Hall–Kier alpha value is -1.42. The molecule has 96 valence electrons. The van der Waals surface area contributed by atoms with Crippen LogP contribution in [0.25, 0.3) is 5.69 Å². The Kier molecular flexibility index (Phi) is 3.97.